The molecular weight excluding hydrogens is 583 g/mol. The standard InChI is InChI=1S/C46H29NO/c1-3-13-30(14-4-1)33-27-34(31-15-5-2-6-16-31)29-35(28-33)32-23-25-36(26-24-32)47-41-21-11-9-19-39(41)43-44-40-20-10-12-22-42(40)48-46(44)38-18-8-7-17-37(38)45(43)47/h1-29H. The third-order valence-electron chi connectivity index (χ3n) is 9.75. The fourth-order valence-corrected chi connectivity index (χ4v) is 7.58. The minimum Gasteiger partial charge on any atom is -0.455 e. The van der Waals surface area contributed by atoms with E-state index in [2.05, 4.69) is 174 Å². The number of rotatable bonds is 4. The van der Waals surface area contributed by atoms with Gasteiger partial charge in [-0.1, -0.05) is 133 Å². The number of para-hydroxylation sites is 2. The van der Waals surface area contributed by atoms with Gasteiger partial charge in [0.1, 0.15) is 11.2 Å². The molecule has 0 saturated carbocycles. The molecule has 0 spiro atoms. The van der Waals surface area contributed by atoms with Gasteiger partial charge in [-0.2, -0.15) is 0 Å². The van der Waals surface area contributed by atoms with E-state index in [1.54, 1.807) is 0 Å². The van der Waals surface area contributed by atoms with E-state index in [0.717, 1.165) is 27.6 Å². The normalized spacial score (nSPS) is 11.8. The molecule has 0 fully saturated rings. The molecule has 0 aliphatic heterocycles. The van der Waals surface area contributed by atoms with Crippen molar-refractivity contribution < 1.29 is 4.42 Å². The summed E-state index contributed by atoms with van der Waals surface area (Å²) in [6, 6.07) is 63.1. The zero-order valence-corrected chi connectivity index (χ0v) is 26.1. The second-order valence-electron chi connectivity index (χ2n) is 12.5. The van der Waals surface area contributed by atoms with Gasteiger partial charge >= 0.3 is 0 Å². The van der Waals surface area contributed by atoms with Gasteiger partial charge in [0.2, 0.25) is 0 Å². The van der Waals surface area contributed by atoms with Crippen LogP contribution < -0.4 is 0 Å². The molecule has 0 radical (unpaired) electrons. The third kappa shape index (κ3) is 4.06. The molecule has 0 aliphatic carbocycles. The van der Waals surface area contributed by atoms with Gasteiger partial charge in [-0.3, -0.25) is 0 Å². The lowest BCUT2D eigenvalue weighted by atomic mass is 9.93. The summed E-state index contributed by atoms with van der Waals surface area (Å²) in [5.41, 5.74) is 12.6. The Hall–Kier alpha value is -6.38. The molecule has 0 bridgehead atoms. The van der Waals surface area contributed by atoms with Crippen molar-refractivity contribution in [3.63, 3.8) is 0 Å². The predicted octanol–water partition coefficient (Wildman–Crippen LogP) is 12.8. The van der Waals surface area contributed by atoms with E-state index >= 15 is 0 Å². The van der Waals surface area contributed by atoms with Crippen molar-refractivity contribution in [1.82, 2.24) is 4.57 Å². The van der Waals surface area contributed by atoms with E-state index in [9.17, 15) is 0 Å². The molecule has 8 aromatic carbocycles. The smallest absolute Gasteiger partial charge is 0.144 e. The summed E-state index contributed by atoms with van der Waals surface area (Å²) < 4.78 is 9.01. The van der Waals surface area contributed by atoms with Crippen molar-refractivity contribution in [2.75, 3.05) is 0 Å². The average molecular weight is 612 g/mol. The zero-order chi connectivity index (χ0) is 31.6. The Balaban J connectivity index is 1.21. The fraction of sp³-hybridized carbons (Fsp3) is 0. The first-order chi connectivity index (χ1) is 23.8. The summed E-state index contributed by atoms with van der Waals surface area (Å²) in [6.45, 7) is 0. The number of hydrogen-bond donors (Lipinski definition) is 0. The number of fused-ring (bicyclic) bond motifs is 10. The highest BCUT2D eigenvalue weighted by molar-refractivity contribution is 6.35. The Morgan fingerprint density at radius 3 is 1.50 bits per heavy atom. The molecule has 10 aromatic rings. The molecule has 0 aliphatic rings. The Labute approximate surface area is 277 Å². The molecule has 0 saturated heterocycles. The molecule has 224 valence electrons. The maximum absolute atomic E-state index is 6.58. The van der Waals surface area contributed by atoms with Crippen LogP contribution in [-0.2, 0) is 0 Å². The third-order valence-corrected chi connectivity index (χ3v) is 9.75. The van der Waals surface area contributed by atoms with Crippen LogP contribution in [0.15, 0.2) is 180 Å². The lowest BCUT2D eigenvalue weighted by molar-refractivity contribution is 0.673. The first kappa shape index (κ1) is 26.8. The molecule has 48 heavy (non-hydrogen) atoms. The summed E-state index contributed by atoms with van der Waals surface area (Å²) in [5, 5.41) is 7.09. The summed E-state index contributed by atoms with van der Waals surface area (Å²) in [7, 11) is 0. The van der Waals surface area contributed by atoms with E-state index in [-0.39, 0.29) is 0 Å². The number of furan rings is 1. The summed E-state index contributed by atoms with van der Waals surface area (Å²) in [5.74, 6) is 0. The quantitative estimate of drug-likeness (QED) is 0.194. The van der Waals surface area contributed by atoms with Crippen molar-refractivity contribution in [3.8, 4) is 39.1 Å². The topological polar surface area (TPSA) is 18.1 Å². The highest BCUT2D eigenvalue weighted by Gasteiger charge is 2.22. The number of hydrogen-bond acceptors (Lipinski definition) is 1. The molecule has 0 atom stereocenters. The highest BCUT2D eigenvalue weighted by atomic mass is 16.3. The first-order valence-corrected chi connectivity index (χ1v) is 16.4. The second kappa shape index (κ2) is 10.6. The van der Waals surface area contributed by atoms with Crippen LogP contribution in [-0.4, -0.2) is 4.57 Å². The lowest BCUT2D eigenvalue weighted by Crippen LogP contribution is -1.95. The maximum atomic E-state index is 6.58. The summed E-state index contributed by atoms with van der Waals surface area (Å²) in [4.78, 5) is 0. The molecule has 2 aromatic heterocycles. The Kier molecular flexibility index (Phi) is 5.91. The molecule has 0 unspecified atom stereocenters. The second-order valence-corrected chi connectivity index (χ2v) is 12.5. The van der Waals surface area contributed by atoms with Crippen LogP contribution >= 0.6 is 0 Å². The molecule has 2 nitrogen and oxygen atoms in total. The van der Waals surface area contributed by atoms with Gasteiger partial charge in [-0.15, -0.1) is 0 Å². The molecule has 2 heteroatoms. The van der Waals surface area contributed by atoms with Crippen LogP contribution in [0.5, 0.6) is 0 Å². The van der Waals surface area contributed by atoms with Gasteiger partial charge < -0.3 is 8.98 Å². The van der Waals surface area contributed by atoms with Crippen LogP contribution in [0.4, 0.5) is 0 Å². The summed E-state index contributed by atoms with van der Waals surface area (Å²) >= 11 is 0. The Bertz CT molecular complexity index is 2750. The lowest BCUT2D eigenvalue weighted by Gasteiger charge is -2.13. The van der Waals surface area contributed by atoms with Crippen LogP contribution in [0.25, 0.3) is 93.6 Å². The van der Waals surface area contributed by atoms with Crippen molar-refractivity contribution in [1.29, 1.82) is 0 Å². The van der Waals surface area contributed by atoms with Crippen molar-refractivity contribution in [3.05, 3.63) is 176 Å². The first-order valence-electron chi connectivity index (χ1n) is 16.4. The van der Waals surface area contributed by atoms with Crippen LogP contribution in [0.3, 0.4) is 0 Å². The van der Waals surface area contributed by atoms with Gasteiger partial charge in [0.05, 0.1) is 11.0 Å². The van der Waals surface area contributed by atoms with Crippen molar-refractivity contribution in [2.24, 2.45) is 0 Å². The van der Waals surface area contributed by atoms with E-state index in [1.165, 1.54) is 66.0 Å². The molecule has 2 heterocycles. The van der Waals surface area contributed by atoms with Gasteiger partial charge in [0, 0.05) is 38.0 Å². The fourth-order valence-electron chi connectivity index (χ4n) is 7.58. The SMILES string of the molecule is c1ccc(-c2cc(-c3ccccc3)cc(-c3ccc(-n4c5ccccc5c5c6c7ccccc7oc6c6ccccc6c54)cc3)c2)cc1. The van der Waals surface area contributed by atoms with E-state index in [0.29, 0.717) is 0 Å². The van der Waals surface area contributed by atoms with E-state index in [1.807, 2.05) is 6.07 Å². The molecule has 0 N–H and O–H groups in total. The van der Waals surface area contributed by atoms with Crippen molar-refractivity contribution in [2.45, 2.75) is 0 Å². The zero-order valence-electron chi connectivity index (χ0n) is 26.1. The monoisotopic (exact) mass is 611 g/mol. The molecule has 0 amide bonds. The van der Waals surface area contributed by atoms with Crippen LogP contribution in [0.2, 0.25) is 0 Å². The minimum absolute atomic E-state index is 0.916. The Morgan fingerprint density at radius 1 is 0.354 bits per heavy atom. The number of benzene rings is 8. The average Bonchev–Trinajstić information content (AvgIpc) is 3.72. The van der Waals surface area contributed by atoms with Gasteiger partial charge in [0.15, 0.2) is 0 Å². The Morgan fingerprint density at radius 2 is 0.854 bits per heavy atom. The number of nitrogens with zero attached hydrogens (tertiary/aromatic N) is 1. The maximum Gasteiger partial charge on any atom is 0.144 e. The predicted molar refractivity (Wildman–Crippen MR) is 202 cm³/mol. The highest BCUT2D eigenvalue weighted by Crippen LogP contribution is 2.46. The van der Waals surface area contributed by atoms with E-state index < -0.39 is 0 Å². The van der Waals surface area contributed by atoms with Gasteiger partial charge in [-0.25, -0.2) is 0 Å². The van der Waals surface area contributed by atoms with Gasteiger partial charge in [0.25, 0.3) is 0 Å². The van der Waals surface area contributed by atoms with Gasteiger partial charge in [-0.05, 0) is 75.8 Å². The van der Waals surface area contributed by atoms with Crippen LogP contribution in [0.1, 0.15) is 0 Å². The molecule has 10 rings (SSSR count). The molecular formula is C46H29NO. The van der Waals surface area contributed by atoms with Crippen molar-refractivity contribution >= 4 is 54.5 Å². The summed E-state index contributed by atoms with van der Waals surface area (Å²) in [6.07, 6.45) is 0. The largest absolute Gasteiger partial charge is 0.455 e. The minimum atomic E-state index is 0.916. The van der Waals surface area contributed by atoms with E-state index in [4.69, 9.17) is 4.42 Å². The van der Waals surface area contributed by atoms with Crippen LogP contribution in [0, 0.1) is 0 Å². The number of aromatic nitrogens is 1.